The molecule has 0 bridgehead atoms. The van der Waals surface area contributed by atoms with E-state index in [4.69, 9.17) is 23.2 Å². The standard InChI is InChI=1S/C29H29Cl2N3O5/c1-18-7-6-10-20(11-18)15-32-27(36)21-12-23(30)26(24(31)13-21)25(35)14-22(28(37)38)16-33-29(39)34(2)17-19-8-4-3-5-9-19/h3-13,22H,14-17H2,1-2H3,(H,32,36)(H,33,39)(H,37,38)/t22-/m0/s1. The summed E-state index contributed by atoms with van der Waals surface area (Å²) in [5, 5.41) is 14.9. The van der Waals surface area contributed by atoms with Gasteiger partial charge in [0.1, 0.15) is 0 Å². The van der Waals surface area contributed by atoms with Gasteiger partial charge in [-0.1, -0.05) is 83.4 Å². The normalized spacial score (nSPS) is 11.4. The number of benzene rings is 3. The average molecular weight is 570 g/mol. The minimum Gasteiger partial charge on any atom is -0.481 e. The SMILES string of the molecule is Cc1cccc(CNC(=O)c2cc(Cl)c(C(=O)C[C@@H](CNC(=O)N(C)Cc3ccccc3)C(=O)O)c(Cl)c2)c1. The van der Waals surface area contributed by atoms with E-state index in [-0.39, 0.29) is 27.7 Å². The van der Waals surface area contributed by atoms with Crippen molar-refractivity contribution in [3.63, 3.8) is 0 Å². The molecule has 0 aromatic heterocycles. The molecule has 0 fully saturated rings. The zero-order valence-electron chi connectivity index (χ0n) is 21.5. The maximum absolute atomic E-state index is 13.0. The molecule has 3 N–H and O–H groups in total. The van der Waals surface area contributed by atoms with E-state index < -0.39 is 36.0 Å². The lowest BCUT2D eigenvalue weighted by Gasteiger charge is -2.20. The second-order valence-corrected chi connectivity index (χ2v) is 9.99. The number of carbonyl (C=O) groups excluding carboxylic acids is 3. The van der Waals surface area contributed by atoms with Crippen molar-refractivity contribution < 1.29 is 24.3 Å². The van der Waals surface area contributed by atoms with Crippen molar-refractivity contribution in [1.29, 1.82) is 0 Å². The van der Waals surface area contributed by atoms with Crippen molar-refractivity contribution in [2.24, 2.45) is 5.92 Å². The maximum Gasteiger partial charge on any atom is 0.317 e. The number of aliphatic carboxylic acids is 1. The van der Waals surface area contributed by atoms with Crippen molar-refractivity contribution in [1.82, 2.24) is 15.5 Å². The highest BCUT2D eigenvalue weighted by molar-refractivity contribution is 6.40. The number of hydrogen-bond donors (Lipinski definition) is 3. The van der Waals surface area contributed by atoms with Crippen LogP contribution in [0.25, 0.3) is 0 Å². The molecule has 0 radical (unpaired) electrons. The van der Waals surface area contributed by atoms with Gasteiger partial charge in [0.25, 0.3) is 5.91 Å². The molecule has 8 nitrogen and oxygen atoms in total. The number of Topliss-reactive ketones (excluding diaryl/α,β-unsaturated/α-hetero) is 1. The Balaban J connectivity index is 1.61. The van der Waals surface area contributed by atoms with Crippen LogP contribution in [0.2, 0.25) is 10.0 Å². The van der Waals surface area contributed by atoms with Crippen LogP contribution >= 0.6 is 23.2 Å². The third-order valence-electron chi connectivity index (χ3n) is 6.01. The van der Waals surface area contributed by atoms with Gasteiger partial charge in [0, 0.05) is 38.7 Å². The van der Waals surface area contributed by atoms with Gasteiger partial charge in [-0.05, 0) is 30.2 Å². The molecule has 3 aromatic carbocycles. The Morgan fingerprint density at radius 3 is 2.15 bits per heavy atom. The maximum atomic E-state index is 13.0. The number of carboxylic acid groups (broad SMARTS) is 1. The van der Waals surface area contributed by atoms with E-state index in [1.807, 2.05) is 61.5 Å². The molecule has 1 atom stereocenters. The molecular weight excluding hydrogens is 541 g/mol. The van der Waals surface area contributed by atoms with Crippen LogP contribution in [0.4, 0.5) is 4.79 Å². The van der Waals surface area contributed by atoms with E-state index in [2.05, 4.69) is 10.6 Å². The summed E-state index contributed by atoms with van der Waals surface area (Å²) >= 11 is 12.6. The van der Waals surface area contributed by atoms with Crippen molar-refractivity contribution in [3.05, 3.63) is 105 Å². The largest absolute Gasteiger partial charge is 0.481 e. The van der Waals surface area contributed by atoms with Gasteiger partial charge >= 0.3 is 12.0 Å². The zero-order chi connectivity index (χ0) is 28.5. The minimum absolute atomic E-state index is 0.0658. The number of nitrogens with zero attached hydrogens (tertiary/aromatic N) is 1. The Bertz CT molecular complexity index is 1340. The zero-order valence-corrected chi connectivity index (χ0v) is 23.1. The molecule has 3 amide bonds. The van der Waals surface area contributed by atoms with Crippen molar-refractivity contribution in [2.75, 3.05) is 13.6 Å². The molecule has 0 heterocycles. The Morgan fingerprint density at radius 2 is 1.54 bits per heavy atom. The van der Waals surface area contributed by atoms with Crippen LogP contribution in [0.5, 0.6) is 0 Å². The Kier molecular flexibility index (Phi) is 10.5. The highest BCUT2D eigenvalue weighted by Gasteiger charge is 2.26. The van der Waals surface area contributed by atoms with Crippen molar-refractivity contribution >= 4 is 46.9 Å². The fraction of sp³-hybridized carbons (Fsp3) is 0.241. The Hall–Kier alpha value is -3.88. The molecule has 3 aromatic rings. The van der Waals surface area contributed by atoms with Crippen LogP contribution in [-0.4, -0.2) is 47.3 Å². The molecule has 3 rings (SSSR count). The monoisotopic (exact) mass is 569 g/mol. The fourth-order valence-electron chi connectivity index (χ4n) is 3.92. The molecule has 204 valence electrons. The molecule has 39 heavy (non-hydrogen) atoms. The first-order valence-electron chi connectivity index (χ1n) is 12.2. The van der Waals surface area contributed by atoms with Crippen molar-refractivity contribution in [2.45, 2.75) is 26.4 Å². The second-order valence-electron chi connectivity index (χ2n) is 9.18. The number of halogens is 2. The average Bonchev–Trinajstić information content (AvgIpc) is 2.89. The van der Waals surface area contributed by atoms with E-state index >= 15 is 0 Å². The van der Waals surface area contributed by atoms with Gasteiger partial charge < -0.3 is 20.6 Å². The van der Waals surface area contributed by atoms with Crippen LogP contribution in [0.15, 0.2) is 66.7 Å². The summed E-state index contributed by atoms with van der Waals surface area (Å²) in [5.74, 6) is -3.51. The van der Waals surface area contributed by atoms with Gasteiger partial charge in [-0.15, -0.1) is 0 Å². The molecule has 0 aliphatic rings. The molecule has 0 aliphatic carbocycles. The lowest BCUT2D eigenvalue weighted by molar-refractivity contribution is -0.141. The van der Waals surface area contributed by atoms with E-state index in [1.165, 1.54) is 17.0 Å². The highest BCUT2D eigenvalue weighted by Crippen LogP contribution is 2.29. The third-order valence-corrected chi connectivity index (χ3v) is 6.60. The number of urea groups is 1. The van der Waals surface area contributed by atoms with Gasteiger partial charge in [-0.2, -0.15) is 0 Å². The topological polar surface area (TPSA) is 116 Å². The number of nitrogens with one attached hydrogen (secondary N) is 2. The van der Waals surface area contributed by atoms with Crippen LogP contribution in [0.1, 0.15) is 43.8 Å². The molecule has 0 unspecified atom stereocenters. The summed E-state index contributed by atoms with van der Waals surface area (Å²) in [6.07, 6.45) is -0.448. The Labute approximate surface area is 236 Å². The summed E-state index contributed by atoms with van der Waals surface area (Å²) in [7, 11) is 1.58. The number of carboxylic acids is 1. The summed E-state index contributed by atoms with van der Waals surface area (Å²) < 4.78 is 0. The fourth-order valence-corrected chi connectivity index (χ4v) is 4.62. The number of amides is 3. The van der Waals surface area contributed by atoms with E-state index in [0.29, 0.717) is 13.1 Å². The van der Waals surface area contributed by atoms with Crippen LogP contribution in [-0.2, 0) is 17.9 Å². The predicted octanol–water partition coefficient (Wildman–Crippen LogP) is 5.35. The predicted molar refractivity (Wildman–Crippen MR) is 150 cm³/mol. The number of rotatable bonds is 11. The van der Waals surface area contributed by atoms with Gasteiger partial charge in [0.2, 0.25) is 0 Å². The first kappa shape index (κ1) is 29.7. The number of aryl methyl sites for hydroxylation is 1. The van der Waals surface area contributed by atoms with Crippen molar-refractivity contribution in [3.8, 4) is 0 Å². The molecule has 0 saturated heterocycles. The van der Waals surface area contributed by atoms with Gasteiger partial charge in [0.15, 0.2) is 5.78 Å². The van der Waals surface area contributed by atoms with E-state index in [9.17, 15) is 24.3 Å². The van der Waals surface area contributed by atoms with E-state index in [0.717, 1.165) is 16.7 Å². The number of carbonyl (C=O) groups is 4. The molecule has 0 spiro atoms. The van der Waals surface area contributed by atoms with E-state index in [1.54, 1.807) is 7.05 Å². The second kappa shape index (κ2) is 13.8. The van der Waals surface area contributed by atoms with Gasteiger partial charge in [-0.25, -0.2) is 4.79 Å². The molecule has 10 heteroatoms. The number of hydrogen-bond acceptors (Lipinski definition) is 4. The molecule has 0 saturated carbocycles. The minimum atomic E-state index is -1.26. The molecular formula is C29H29Cl2N3O5. The third kappa shape index (κ3) is 8.56. The summed E-state index contributed by atoms with van der Waals surface area (Å²) in [4.78, 5) is 51.3. The summed E-state index contributed by atoms with van der Waals surface area (Å²) in [5.41, 5.74) is 2.99. The molecule has 0 aliphatic heterocycles. The van der Waals surface area contributed by atoms with Gasteiger partial charge in [-0.3, -0.25) is 14.4 Å². The van der Waals surface area contributed by atoms with Crippen LogP contribution < -0.4 is 10.6 Å². The smallest absolute Gasteiger partial charge is 0.317 e. The number of ketones is 1. The quantitative estimate of drug-likeness (QED) is 0.269. The first-order valence-corrected chi connectivity index (χ1v) is 12.9. The van der Waals surface area contributed by atoms with Gasteiger partial charge in [0.05, 0.1) is 21.5 Å². The Morgan fingerprint density at radius 1 is 0.897 bits per heavy atom. The summed E-state index contributed by atoms with van der Waals surface area (Å²) in [6, 6.07) is 19.2. The lowest BCUT2D eigenvalue weighted by atomic mass is 9.97. The first-order chi connectivity index (χ1) is 18.5. The summed E-state index contributed by atoms with van der Waals surface area (Å²) in [6.45, 7) is 2.31. The highest BCUT2D eigenvalue weighted by atomic mass is 35.5. The van der Waals surface area contributed by atoms with Crippen LogP contribution in [0, 0.1) is 12.8 Å². The lowest BCUT2D eigenvalue weighted by Crippen LogP contribution is -2.41. The van der Waals surface area contributed by atoms with Crippen LogP contribution in [0.3, 0.4) is 0 Å².